The number of benzene rings is 2. The fourth-order valence-electron chi connectivity index (χ4n) is 1.98. The molecule has 0 aliphatic heterocycles. The van der Waals surface area contributed by atoms with E-state index in [0.29, 0.717) is 23.5 Å². The highest BCUT2D eigenvalue weighted by molar-refractivity contribution is 5.89. The molecule has 0 atom stereocenters. The Bertz CT molecular complexity index is 683. The lowest BCUT2D eigenvalue weighted by Crippen LogP contribution is -2.03. The summed E-state index contributed by atoms with van der Waals surface area (Å²) in [7, 11) is 0. The fourth-order valence-corrected chi connectivity index (χ4v) is 1.98. The van der Waals surface area contributed by atoms with E-state index in [1.807, 2.05) is 13.8 Å². The third kappa shape index (κ3) is 3.69. The molecule has 0 radical (unpaired) electrons. The second-order valence-corrected chi connectivity index (χ2v) is 4.90. The van der Waals surface area contributed by atoms with Gasteiger partial charge in [0.1, 0.15) is 5.75 Å². The van der Waals surface area contributed by atoms with Crippen LogP contribution >= 0.6 is 0 Å². The van der Waals surface area contributed by atoms with Crippen LogP contribution in [0.2, 0.25) is 0 Å². The van der Waals surface area contributed by atoms with Gasteiger partial charge in [0.2, 0.25) is 0 Å². The van der Waals surface area contributed by atoms with E-state index in [9.17, 15) is 9.90 Å². The third-order valence-electron chi connectivity index (χ3n) is 3.14. The monoisotopic (exact) mass is 298 g/mol. The Morgan fingerprint density at radius 1 is 1.05 bits per heavy atom. The van der Waals surface area contributed by atoms with Gasteiger partial charge in [0, 0.05) is 0 Å². The van der Waals surface area contributed by atoms with Crippen molar-refractivity contribution in [2.24, 2.45) is 10.2 Å². The number of rotatable bonds is 4. The molecule has 2 aromatic carbocycles. The zero-order valence-corrected chi connectivity index (χ0v) is 12.8. The van der Waals surface area contributed by atoms with Gasteiger partial charge in [-0.3, -0.25) is 0 Å². The van der Waals surface area contributed by atoms with Crippen LogP contribution in [0.1, 0.15) is 28.4 Å². The molecule has 0 amide bonds. The van der Waals surface area contributed by atoms with Crippen LogP contribution in [-0.2, 0) is 4.74 Å². The largest absolute Gasteiger partial charge is 0.507 e. The van der Waals surface area contributed by atoms with Crippen LogP contribution in [0, 0.1) is 13.8 Å². The van der Waals surface area contributed by atoms with Crippen molar-refractivity contribution in [3.05, 3.63) is 53.1 Å². The minimum atomic E-state index is -0.351. The first-order valence-corrected chi connectivity index (χ1v) is 7.00. The zero-order valence-electron chi connectivity index (χ0n) is 12.8. The molecule has 0 fully saturated rings. The topological polar surface area (TPSA) is 71.2 Å². The molecule has 0 aromatic heterocycles. The second-order valence-electron chi connectivity index (χ2n) is 4.90. The number of carbonyl (C=O) groups is 1. The summed E-state index contributed by atoms with van der Waals surface area (Å²) in [5.41, 5.74) is 3.30. The van der Waals surface area contributed by atoms with Gasteiger partial charge in [0.15, 0.2) is 0 Å². The van der Waals surface area contributed by atoms with Gasteiger partial charge >= 0.3 is 5.97 Å². The number of aryl methyl sites for hydroxylation is 2. The molecule has 0 bridgehead atoms. The standard InChI is InChI=1S/C17H18N2O3/c1-4-22-17(21)13-5-7-14(8-6-13)18-19-15-9-11(2)16(20)12(3)10-15/h5-10,20H,4H2,1-3H3. The van der Waals surface area contributed by atoms with E-state index < -0.39 is 0 Å². The molecule has 2 aromatic rings. The first-order chi connectivity index (χ1) is 10.5. The van der Waals surface area contributed by atoms with Crippen LogP contribution < -0.4 is 0 Å². The summed E-state index contributed by atoms with van der Waals surface area (Å²) in [6.45, 7) is 5.74. The van der Waals surface area contributed by atoms with Crippen LogP contribution in [-0.4, -0.2) is 17.7 Å². The molecule has 114 valence electrons. The highest BCUT2D eigenvalue weighted by Crippen LogP contribution is 2.28. The Kier molecular flexibility index (Phi) is 4.88. The molecule has 0 heterocycles. The summed E-state index contributed by atoms with van der Waals surface area (Å²) in [6, 6.07) is 10.2. The van der Waals surface area contributed by atoms with E-state index in [4.69, 9.17) is 4.74 Å². The van der Waals surface area contributed by atoms with Gasteiger partial charge in [-0.2, -0.15) is 10.2 Å². The quantitative estimate of drug-likeness (QED) is 0.662. The van der Waals surface area contributed by atoms with E-state index in [1.54, 1.807) is 43.3 Å². The van der Waals surface area contributed by atoms with Gasteiger partial charge in [-0.15, -0.1) is 0 Å². The van der Waals surface area contributed by atoms with Gasteiger partial charge in [-0.1, -0.05) is 0 Å². The summed E-state index contributed by atoms with van der Waals surface area (Å²) in [6.07, 6.45) is 0. The average molecular weight is 298 g/mol. The van der Waals surface area contributed by atoms with Crippen LogP contribution in [0.4, 0.5) is 11.4 Å². The van der Waals surface area contributed by atoms with Crippen molar-refractivity contribution in [2.75, 3.05) is 6.61 Å². The third-order valence-corrected chi connectivity index (χ3v) is 3.14. The maximum absolute atomic E-state index is 11.5. The van der Waals surface area contributed by atoms with Crippen molar-refractivity contribution >= 4 is 17.3 Å². The summed E-state index contributed by atoms with van der Waals surface area (Å²) < 4.78 is 4.92. The van der Waals surface area contributed by atoms with E-state index in [-0.39, 0.29) is 11.7 Å². The second kappa shape index (κ2) is 6.85. The van der Waals surface area contributed by atoms with Gasteiger partial charge in [-0.05, 0) is 68.3 Å². The number of nitrogens with zero attached hydrogens (tertiary/aromatic N) is 2. The molecule has 1 N–H and O–H groups in total. The van der Waals surface area contributed by atoms with Gasteiger partial charge in [-0.25, -0.2) is 4.79 Å². The van der Waals surface area contributed by atoms with Gasteiger partial charge in [0.25, 0.3) is 0 Å². The van der Waals surface area contributed by atoms with E-state index in [0.717, 1.165) is 11.1 Å². The van der Waals surface area contributed by atoms with Crippen molar-refractivity contribution in [3.63, 3.8) is 0 Å². The molecule has 0 unspecified atom stereocenters. The van der Waals surface area contributed by atoms with Crippen molar-refractivity contribution < 1.29 is 14.6 Å². The SMILES string of the molecule is CCOC(=O)c1ccc(N=Nc2cc(C)c(O)c(C)c2)cc1. The van der Waals surface area contributed by atoms with Crippen molar-refractivity contribution in [2.45, 2.75) is 20.8 Å². The average Bonchev–Trinajstić information content (AvgIpc) is 2.51. The molecular weight excluding hydrogens is 280 g/mol. The number of esters is 1. The van der Waals surface area contributed by atoms with Crippen molar-refractivity contribution in [1.82, 2.24) is 0 Å². The Balaban J connectivity index is 2.15. The molecule has 0 saturated carbocycles. The molecule has 5 heteroatoms. The van der Waals surface area contributed by atoms with E-state index >= 15 is 0 Å². The zero-order chi connectivity index (χ0) is 16.1. The maximum Gasteiger partial charge on any atom is 0.338 e. The fraction of sp³-hybridized carbons (Fsp3) is 0.235. The number of azo groups is 1. The number of ether oxygens (including phenoxy) is 1. The van der Waals surface area contributed by atoms with Crippen LogP contribution in [0.25, 0.3) is 0 Å². The van der Waals surface area contributed by atoms with Crippen LogP contribution in [0.5, 0.6) is 5.75 Å². The molecular formula is C17H18N2O3. The molecule has 0 aliphatic carbocycles. The first kappa shape index (κ1) is 15.7. The number of hydrogen-bond donors (Lipinski definition) is 1. The Hall–Kier alpha value is -2.69. The van der Waals surface area contributed by atoms with E-state index in [1.165, 1.54) is 0 Å². The lowest BCUT2D eigenvalue weighted by molar-refractivity contribution is 0.0526. The summed E-state index contributed by atoms with van der Waals surface area (Å²) in [5.74, 6) is -0.0755. The Morgan fingerprint density at radius 2 is 1.59 bits per heavy atom. The highest BCUT2D eigenvalue weighted by atomic mass is 16.5. The van der Waals surface area contributed by atoms with Crippen molar-refractivity contribution in [3.8, 4) is 5.75 Å². The molecule has 2 rings (SSSR count). The number of aromatic hydroxyl groups is 1. The maximum atomic E-state index is 11.5. The summed E-state index contributed by atoms with van der Waals surface area (Å²) in [5, 5.41) is 18.0. The number of hydrogen-bond acceptors (Lipinski definition) is 5. The van der Waals surface area contributed by atoms with Gasteiger partial charge in [0.05, 0.1) is 23.5 Å². The predicted octanol–water partition coefficient (Wildman–Crippen LogP) is 4.60. The lowest BCUT2D eigenvalue weighted by atomic mass is 10.1. The van der Waals surface area contributed by atoms with Crippen LogP contribution in [0.3, 0.4) is 0 Å². The Labute approximate surface area is 129 Å². The minimum absolute atomic E-state index is 0.276. The summed E-state index contributed by atoms with van der Waals surface area (Å²) >= 11 is 0. The van der Waals surface area contributed by atoms with Gasteiger partial charge < -0.3 is 9.84 Å². The van der Waals surface area contributed by atoms with E-state index in [2.05, 4.69) is 10.2 Å². The molecule has 22 heavy (non-hydrogen) atoms. The smallest absolute Gasteiger partial charge is 0.338 e. The summed E-state index contributed by atoms with van der Waals surface area (Å²) in [4.78, 5) is 11.5. The molecule has 0 spiro atoms. The minimum Gasteiger partial charge on any atom is -0.507 e. The molecule has 0 aliphatic rings. The van der Waals surface area contributed by atoms with Crippen LogP contribution in [0.15, 0.2) is 46.6 Å². The molecule has 5 nitrogen and oxygen atoms in total. The molecule has 0 saturated heterocycles. The highest BCUT2D eigenvalue weighted by Gasteiger charge is 2.05. The Morgan fingerprint density at radius 3 is 2.14 bits per heavy atom. The number of phenols is 1. The first-order valence-electron chi connectivity index (χ1n) is 7.00. The van der Waals surface area contributed by atoms with Crippen molar-refractivity contribution in [1.29, 1.82) is 0 Å². The number of carbonyl (C=O) groups excluding carboxylic acids is 1. The predicted molar refractivity (Wildman–Crippen MR) is 84.2 cm³/mol. The lowest BCUT2D eigenvalue weighted by Gasteiger charge is -2.04. The number of phenolic OH excluding ortho intramolecular Hbond substituents is 1. The normalized spacial score (nSPS) is 10.9.